The molecule has 6 nitrogen and oxygen atoms in total. The lowest BCUT2D eigenvalue weighted by molar-refractivity contribution is -0.140. The molecule has 0 aliphatic carbocycles. The molecule has 156 valence electrons. The van der Waals surface area contributed by atoms with Gasteiger partial charge in [0.05, 0.1) is 11.6 Å². The van der Waals surface area contributed by atoms with Crippen LogP contribution in [0.25, 0.3) is 5.76 Å². The maximum atomic E-state index is 12.8. The molecule has 0 radical (unpaired) electrons. The lowest BCUT2D eigenvalue weighted by Crippen LogP contribution is -2.30. The number of rotatable bonds is 8. The fourth-order valence-electron chi connectivity index (χ4n) is 3.59. The van der Waals surface area contributed by atoms with Crippen molar-refractivity contribution in [1.29, 1.82) is 0 Å². The number of carboxylic acid groups (broad SMARTS) is 1. The molecule has 1 unspecified atom stereocenters. The number of unbranched alkanes of at least 4 members (excludes halogenated alkanes) is 2. The van der Waals surface area contributed by atoms with Gasteiger partial charge in [0.2, 0.25) is 0 Å². The molecule has 1 heterocycles. The smallest absolute Gasteiger partial charge is 0.303 e. The first-order valence-electron chi connectivity index (χ1n) is 9.71. The Labute approximate surface area is 179 Å². The molecule has 0 spiro atoms. The van der Waals surface area contributed by atoms with Crippen LogP contribution in [0.3, 0.4) is 0 Å². The summed E-state index contributed by atoms with van der Waals surface area (Å²) in [6, 6.07) is 14.8. The second-order valence-electron chi connectivity index (χ2n) is 7.11. The Bertz CT molecular complexity index is 969. The third-order valence-corrected chi connectivity index (χ3v) is 5.31. The summed E-state index contributed by atoms with van der Waals surface area (Å²) in [5.41, 5.74) is 1.16. The lowest BCUT2D eigenvalue weighted by Gasteiger charge is -2.25. The molecule has 1 aliphatic heterocycles. The van der Waals surface area contributed by atoms with Crippen molar-refractivity contribution in [1.82, 2.24) is 4.90 Å². The van der Waals surface area contributed by atoms with Crippen molar-refractivity contribution in [2.24, 2.45) is 0 Å². The number of Topliss-reactive ketones (excluding diaryl/α,β-unsaturated/α-hetero) is 1. The molecule has 1 aliphatic rings. The summed E-state index contributed by atoms with van der Waals surface area (Å²) in [5.74, 6) is -2.51. The lowest BCUT2D eigenvalue weighted by atomic mass is 9.95. The van der Waals surface area contributed by atoms with Gasteiger partial charge in [0.1, 0.15) is 5.76 Å². The highest BCUT2D eigenvalue weighted by atomic mass is 35.5. The summed E-state index contributed by atoms with van der Waals surface area (Å²) in [5, 5.41) is 20.1. The average Bonchev–Trinajstić information content (AvgIpc) is 2.99. The van der Waals surface area contributed by atoms with Crippen molar-refractivity contribution in [2.45, 2.75) is 31.7 Å². The first kappa shape index (κ1) is 21.6. The molecule has 2 aromatic rings. The first-order chi connectivity index (χ1) is 14.4. The summed E-state index contributed by atoms with van der Waals surface area (Å²) in [7, 11) is 0. The number of hydrogen-bond donors (Lipinski definition) is 2. The summed E-state index contributed by atoms with van der Waals surface area (Å²) in [6.45, 7) is 0.293. The minimum atomic E-state index is -0.859. The quantitative estimate of drug-likeness (QED) is 0.281. The molecule has 30 heavy (non-hydrogen) atoms. The molecule has 1 atom stereocenters. The number of amides is 1. The van der Waals surface area contributed by atoms with E-state index in [4.69, 9.17) is 16.7 Å². The summed E-state index contributed by atoms with van der Waals surface area (Å²) in [4.78, 5) is 37.8. The third kappa shape index (κ3) is 4.71. The van der Waals surface area contributed by atoms with E-state index in [1.165, 1.54) is 4.90 Å². The topological polar surface area (TPSA) is 94.9 Å². The normalized spacial score (nSPS) is 18.0. The zero-order valence-corrected chi connectivity index (χ0v) is 17.0. The number of carbonyl (C=O) groups excluding carboxylic acids is 2. The standard InChI is InChI=1S/C23H22ClNO5/c24-17-12-10-16(11-13-17)21(28)19-20(15-7-3-1-4-8-15)25(23(30)22(19)29)14-6-2-5-9-18(26)27/h1,3-4,7-8,10-13,20,28H,2,5-6,9,14H2,(H,26,27)/b21-19+. The van der Waals surface area contributed by atoms with E-state index in [1.54, 1.807) is 24.3 Å². The Morgan fingerprint density at radius 2 is 1.60 bits per heavy atom. The monoisotopic (exact) mass is 427 g/mol. The van der Waals surface area contributed by atoms with E-state index in [0.29, 0.717) is 36.4 Å². The largest absolute Gasteiger partial charge is 0.507 e. The SMILES string of the molecule is O=C(O)CCCCCN1C(=O)C(=O)/C(=C(/O)c2ccc(Cl)cc2)C1c1ccccc1. The predicted molar refractivity (Wildman–Crippen MR) is 113 cm³/mol. The summed E-state index contributed by atoms with van der Waals surface area (Å²) >= 11 is 5.91. The van der Waals surface area contributed by atoms with Crippen molar-refractivity contribution in [3.63, 3.8) is 0 Å². The molecular weight excluding hydrogens is 406 g/mol. The number of benzene rings is 2. The minimum Gasteiger partial charge on any atom is -0.507 e. The number of hydrogen-bond acceptors (Lipinski definition) is 4. The Morgan fingerprint density at radius 3 is 2.23 bits per heavy atom. The first-order valence-corrected chi connectivity index (χ1v) is 10.1. The number of carbonyl (C=O) groups is 3. The molecule has 0 saturated carbocycles. The molecule has 1 saturated heterocycles. The average molecular weight is 428 g/mol. The van der Waals surface area contributed by atoms with Crippen LogP contribution < -0.4 is 0 Å². The van der Waals surface area contributed by atoms with Gasteiger partial charge >= 0.3 is 5.97 Å². The van der Waals surface area contributed by atoms with Crippen LogP contribution in [0.1, 0.15) is 42.9 Å². The summed E-state index contributed by atoms with van der Waals surface area (Å²) < 4.78 is 0. The zero-order valence-electron chi connectivity index (χ0n) is 16.3. The zero-order chi connectivity index (χ0) is 21.7. The van der Waals surface area contributed by atoms with Crippen LogP contribution in [-0.4, -0.2) is 39.3 Å². The fourth-order valence-corrected chi connectivity index (χ4v) is 3.72. The minimum absolute atomic E-state index is 0.0408. The van der Waals surface area contributed by atoms with E-state index in [0.717, 1.165) is 5.56 Å². The van der Waals surface area contributed by atoms with Gasteiger partial charge in [-0.15, -0.1) is 0 Å². The highest BCUT2D eigenvalue weighted by Crippen LogP contribution is 2.39. The van der Waals surface area contributed by atoms with Crippen molar-refractivity contribution in [3.05, 3.63) is 76.3 Å². The molecule has 0 aromatic heterocycles. The van der Waals surface area contributed by atoms with Crippen LogP contribution in [0.15, 0.2) is 60.2 Å². The fraction of sp³-hybridized carbons (Fsp3) is 0.261. The van der Waals surface area contributed by atoms with Gasteiger partial charge in [-0.05, 0) is 42.7 Å². The number of nitrogens with zero attached hydrogens (tertiary/aromatic N) is 1. The molecule has 2 aromatic carbocycles. The summed E-state index contributed by atoms with van der Waals surface area (Å²) in [6.07, 6.45) is 1.75. The molecule has 1 amide bonds. The number of aliphatic hydroxyl groups is 1. The van der Waals surface area contributed by atoms with Gasteiger partial charge in [0, 0.05) is 23.6 Å². The molecule has 7 heteroatoms. The Morgan fingerprint density at radius 1 is 0.933 bits per heavy atom. The van der Waals surface area contributed by atoms with Crippen molar-refractivity contribution >= 4 is 35.0 Å². The van der Waals surface area contributed by atoms with Crippen LogP contribution in [0, 0.1) is 0 Å². The predicted octanol–water partition coefficient (Wildman–Crippen LogP) is 4.41. The number of ketones is 1. The van der Waals surface area contributed by atoms with Gasteiger partial charge in [-0.2, -0.15) is 0 Å². The van der Waals surface area contributed by atoms with Crippen LogP contribution in [0.5, 0.6) is 0 Å². The Balaban J connectivity index is 1.94. The van der Waals surface area contributed by atoms with Crippen molar-refractivity contribution < 1.29 is 24.6 Å². The van der Waals surface area contributed by atoms with E-state index in [2.05, 4.69) is 0 Å². The van der Waals surface area contributed by atoms with Gasteiger partial charge in [-0.3, -0.25) is 14.4 Å². The molecule has 2 N–H and O–H groups in total. The molecule has 3 rings (SSSR count). The number of aliphatic carboxylic acids is 1. The van der Waals surface area contributed by atoms with Gasteiger partial charge in [0.25, 0.3) is 11.7 Å². The van der Waals surface area contributed by atoms with Crippen molar-refractivity contribution in [2.75, 3.05) is 6.54 Å². The van der Waals surface area contributed by atoms with E-state index in [1.807, 2.05) is 30.3 Å². The van der Waals surface area contributed by atoms with Crippen LogP contribution in [-0.2, 0) is 14.4 Å². The van der Waals surface area contributed by atoms with Crippen molar-refractivity contribution in [3.8, 4) is 0 Å². The van der Waals surface area contributed by atoms with Crippen LogP contribution >= 0.6 is 11.6 Å². The number of carboxylic acids is 1. The van der Waals surface area contributed by atoms with Gasteiger partial charge < -0.3 is 15.1 Å². The molecular formula is C23H22ClNO5. The second-order valence-corrected chi connectivity index (χ2v) is 7.55. The van der Waals surface area contributed by atoms with E-state index in [9.17, 15) is 19.5 Å². The van der Waals surface area contributed by atoms with Crippen LogP contribution in [0.2, 0.25) is 5.02 Å². The van der Waals surface area contributed by atoms with E-state index < -0.39 is 23.7 Å². The molecule has 1 fully saturated rings. The van der Waals surface area contributed by atoms with Crippen LogP contribution in [0.4, 0.5) is 0 Å². The highest BCUT2D eigenvalue weighted by Gasteiger charge is 2.45. The van der Waals surface area contributed by atoms with E-state index >= 15 is 0 Å². The highest BCUT2D eigenvalue weighted by molar-refractivity contribution is 6.46. The third-order valence-electron chi connectivity index (χ3n) is 5.06. The maximum absolute atomic E-state index is 12.8. The molecule has 0 bridgehead atoms. The number of halogens is 1. The van der Waals surface area contributed by atoms with Gasteiger partial charge in [-0.1, -0.05) is 48.4 Å². The maximum Gasteiger partial charge on any atom is 0.303 e. The Kier molecular flexibility index (Phi) is 6.90. The van der Waals surface area contributed by atoms with Gasteiger partial charge in [-0.25, -0.2) is 0 Å². The number of aliphatic hydroxyl groups excluding tert-OH is 1. The van der Waals surface area contributed by atoms with Gasteiger partial charge in [0.15, 0.2) is 0 Å². The Hall–Kier alpha value is -3.12. The second kappa shape index (κ2) is 9.59. The van der Waals surface area contributed by atoms with E-state index in [-0.39, 0.29) is 17.8 Å². The number of likely N-dealkylation sites (tertiary alicyclic amines) is 1.